The lowest BCUT2D eigenvalue weighted by Crippen LogP contribution is -2.28. The minimum absolute atomic E-state index is 0.232. The molecular formula is C29H30N2O5. The number of hydrogen-bond acceptors (Lipinski definition) is 5. The van der Waals surface area contributed by atoms with Gasteiger partial charge in [-0.15, -0.1) is 0 Å². The molecule has 4 aromatic rings. The third kappa shape index (κ3) is 4.54. The van der Waals surface area contributed by atoms with Crippen molar-refractivity contribution in [1.82, 2.24) is 9.55 Å². The molecule has 2 aromatic carbocycles. The largest absolute Gasteiger partial charge is 0.479 e. The lowest BCUT2D eigenvalue weighted by Gasteiger charge is -2.28. The van der Waals surface area contributed by atoms with Crippen LogP contribution in [0.2, 0.25) is 0 Å². The van der Waals surface area contributed by atoms with Gasteiger partial charge < -0.3 is 23.9 Å². The van der Waals surface area contributed by atoms with Crippen LogP contribution < -0.4 is 9.47 Å². The molecule has 0 saturated heterocycles. The van der Waals surface area contributed by atoms with Crippen molar-refractivity contribution in [1.29, 1.82) is 0 Å². The quantitative estimate of drug-likeness (QED) is 0.358. The van der Waals surface area contributed by atoms with Gasteiger partial charge in [-0.3, -0.25) is 0 Å². The van der Waals surface area contributed by atoms with E-state index in [0.717, 1.165) is 44.8 Å². The van der Waals surface area contributed by atoms with Crippen LogP contribution in [0.1, 0.15) is 49.3 Å². The van der Waals surface area contributed by atoms with Crippen molar-refractivity contribution in [3.63, 3.8) is 0 Å². The summed E-state index contributed by atoms with van der Waals surface area (Å²) in [6, 6.07) is 16.0. The molecule has 1 unspecified atom stereocenters. The fourth-order valence-electron chi connectivity index (χ4n) is 4.63. The number of aromatic nitrogens is 2. The molecule has 1 aliphatic heterocycles. The van der Waals surface area contributed by atoms with E-state index in [4.69, 9.17) is 19.2 Å². The molecular weight excluding hydrogens is 456 g/mol. The number of hydrogen-bond donors (Lipinski definition) is 1. The zero-order valence-corrected chi connectivity index (χ0v) is 21.2. The summed E-state index contributed by atoms with van der Waals surface area (Å²) in [6.07, 6.45) is 0.833. The first kappa shape index (κ1) is 23.9. The third-order valence-corrected chi connectivity index (χ3v) is 6.22. The van der Waals surface area contributed by atoms with Crippen LogP contribution in [-0.2, 0) is 16.1 Å². The van der Waals surface area contributed by atoms with Crippen molar-refractivity contribution in [2.24, 2.45) is 0 Å². The number of aryl methyl sites for hydroxylation is 2. The lowest BCUT2D eigenvalue weighted by molar-refractivity contribution is -0.160. The molecule has 0 radical (unpaired) electrons. The molecule has 186 valence electrons. The predicted molar refractivity (Wildman–Crippen MR) is 138 cm³/mol. The number of nitrogens with zero attached hydrogens (tertiary/aromatic N) is 2. The van der Waals surface area contributed by atoms with Crippen LogP contribution in [0.15, 0.2) is 54.7 Å². The zero-order chi connectivity index (χ0) is 25.6. The number of benzene rings is 2. The molecule has 5 rings (SSSR count). The molecule has 0 spiro atoms. The van der Waals surface area contributed by atoms with Crippen molar-refractivity contribution >= 4 is 17.0 Å². The average molecular weight is 487 g/mol. The number of carboxylic acids is 1. The summed E-state index contributed by atoms with van der Waals surface area (Å²) in [5.74, 6) is 0.441. The first-order valence-corrected chi connectivity index (χ1v) is 12.0. The molecule has 0 fully saturated rings. The first-order valence-electron chi connectivity index (χ1n) is 12.0. The highest BCUT2D eigenvalue weighted by atomic mass is 16.7. The number of carbonyl (C=O) groups is 1. The van der Waals surface area contributed by atoms with Crippen molar-refractivity contribution in [2.45, 2.75) is 52.9 Å². The topological polar surface area (TPSA) is 82.8 Å². The fraction of sp³-hybridized carbons (Fsp3) is 0.310. The van der Waals surface area contributed by atoms with Crippen LogP contribution in [-0.4, -0.2) is 33.0 Å². The van der Waals surface area contributed by atoms with E-state index < -0.39 is 17.7 Å². The van der Waals surface area contributed by atoms with Crippen molar-refractivity contribution in [3.05, 3.63) is 77.1 Å². The Morgan fingerprint density at radius 3 is 2.50 bits per heavy atom. The molecule has 3 heterocycles. The van der Waals surface area contributed by atoms with Crippen molar-refractivity contribution < 1.29 is 24.1 Å². The number of carboxylic acid groups (broad SMARTS) is 1. The summed E-state index contributed by atoms with van der Waals surface area (Å²) < 4.78 is 19.1. The van der Waals surface area contributed by atoms with Crippen molar-refractivity contribution in [2.75, 3.05) is 6.79 Å². The van der Waals surface area contributed by atoms with Gasteiger partial charge in [0.1, 0.15) is 5.65 Å². The van der Waals surface area contributed by atoms with Gasteiger partial charge in [0.15, 0.2) is 17.6 Å². The van der Waals surface area contributed by atoms with Crippen LogP contribution in [0.4, 0.5) is 0 Å². The van der Waals surface area contributed by atoms with Gasteiger partial charge in [0.2, 0.25) is 6.79 Å². The number of rotatable bonds is 6. The van der Waals surface area contributed by atoms with E-state index in [1.807, 2.05) is 89.3 Å². The predicted octanol–water partition coefficient (Wildman–Crippen LogP) is 6.04. The maximum Gasteiger partial charge on any atom is 0.337 e. The maximum atomic E-state index is 12.5. The van der Waals surface area contributed by atoms with Gasteiger partial charge in [-0.25, -0.2) is 9.78 Å². The number of aliphatic carboxylic acids is 1. The van der Waals surface area contributed by atoms with E-state index in [1.54, 1.807) is 0 Å². The second kappa shape index (κ2) is 8.99. The van der Waals surface area contributed by atoms with E-state index in [-0.39, 0.29) is 6.79 Å². The Morgan fingerprint density at radius 1 is 1.08 bits per heavy atom. The van der Waals surface area contributed by atoms with E-state index in [0.29, 0.717) is 17.8 Å². The minimum atomic E-state index is -1.16. The molecule has 1 atom stereocenters. The number of fused-ring (bicyclic) bond motifs is 2. The standard InChI is InChI=1S/C29H30N2O5/c1-17-6-9-20(10-7-17)25-21-12-13-31(15-19-8-11-22-23(14-19)35-16-34-22)27(21)30-18(2)24(25)26(28(32)33)36-29(3,4)5/h6-14,26H,15-16H2,1-5H3,(H,32,33). The molecule has 0 bridgehead atoms. The van der Waals surface area contributed by atoms with Gasteiger partial charge in [-0.2, -0.15) is 0 Å². The molecule has 36 heavy (non-hydrogen) atoms. The Hall–Kier alpha value is -3.84. The van der Waals surface area contributed by atoms with Gasteiger partial charge in [-0.05, 0) is 63.9 Å². The van der Waals surface area contributed by atoms with Gasteiger partial charge >= 0.3 is 5.97 Å². The van der Waals surface area contributed by atoms with Crippen LogP contribution in [0.25, 0.3) is 22.2 Å². The lowest BCUT2D eigenvalue weighted by atomic mass is 9.92. The smallest absolute Gasteiger partial charge is 0.337 e. The molecule has 7 nitrogen and oxygen atoms in total. The summed E-state index contributed by atoms with van der Waals surface area (Å²) in [4.78, 5) is 17.4. The second-order valence-electron chi connectivity index (χ2n) is 10.2. The number of ether oxygens (including phenoxy) is 3. The van der Waals surface area contributed by atoms with Gasteiger partial charge in [0.05, 0.1) is 5.60 Å². The molecule has 1 aliphatic rings. The van der Waals surface area contributed by atoms with Crippen LogP contribution in [0, 0.1) is 13.8 Å². The highest BCUT2D eigenvalue weighted by Crippen LogP contribution is 2.40. The van der Waals surface area contributed by atoms with E-state index in [9.17, 15) is 9.90 Å². The summed E-state index contributed by atoms with van der Waals surface area (Å²) in [6.45, 7) is 10.3. The molecule has 0 amide bonds. The average Bonchev–Trinajstić information content (AvgIpc) is 3.43. The minimum Gasteiger partial charge on any atom is -0.479 e. The van der Waals surface area contributed by atoms with Gasteiger partial charge in [-0.1, -0.05) is 35.9 Å². The summed E-state index contributed by atoms with van der Waals surface area (Å²) in [5, 5.41) is 11.1. The Bertz CT molecular complexity index is 1450. The third-order valence-electron chi connectivity index (χ3n) is 6.22. The van der Waals surface area contributed by atoms with Crippen LogP contribution in [0.5, 0.6) is 11.5 Å². The van der Waals surface area contributed by atoms with Crippen LogP contribution in [0.3, 0.4) is 0 Å². The van der Waals surface area contributed by atoms with E-state index >= 15 is 0 Å². The zero-order valence-electron chi connectivity index (χ0n) is 21.2. The summed E-state index contributed by atoms with van der Waals surface area (Å²) in [5.41, 5.74) is 5.27. The number of pyridine rings is 1. The Balaban J connectivity index is 1.68. The maximum absolute atomic E-state index is 12.5. The first-order chi connectivity index (χ1) is 17.1. The molecule has 7 heteroatoms. The molecule has 1 N–H and O–H groups in total. The fourth-order valence-corrected chi connectivity index (χ4v) is 4.63. The Labute approximate surface area is 210 Å². The summed E-state index contributed by atoms with van der Waals surface area (Å²) >= 11 is 0. The Morgan fingerprint density at radius 2 is 1.81 bits per heavy atom. The molecule has 0 saturated carbocycles. The van der Waals surface area contributed by atoms with E-state index in [1.165, 1.54) is 0 Å². The monoisotopic (exact) mass is 486 g/mol. The molecule has 2 aromatic heterocycles. The second-order valence-corrected chi connectivity index (χ2v) is 10.2. The Kier molecular flexibility index (Phi) is 5.96. The summed E-state index contributed by atoms with van der Waals surface area (Å²) in [7, 11) is 0. The SMILES string of the molecule is Cc1ccc(-c2c(C(OC(C)(C)C)C(=O)O)c(C)nc3c2ccn3Cc2ccc3c(c2)OCO3)cc1. The highest BCUT2D eigenvalue weighted by molar-refractivity contribution is 5.97. The molecule has 0 aliphatic carbocycles. The van der Waals surface area contributed by atoms with Crippen molar-refractivity contribution in [3.8, 4) is 22.6 Å². The van der Waals surface area contributed by atoms with Gasteiger partial charge in [0.25, 0.3) is 0 Å². The van der Waals surface area contributed by atoms with Crippen LogP contribution >= 0.6 is 0 Å². The van der Waals surface area contributed by atoms with Gasteiger partial charge in [0, 0.05) is 34.9 Å². The highest BCUT2D eigenvalue weighted by Gasteiger charge is 2.32. The normalized spacial score (nSPS) is 13.8. The van der Waals surface area contributed by atoms with E-state index in [2.05, 4.69) is 4.57 Å².